The Balaban J connectivity index is 1.57. The Bertz CT molecular complexity index is 771. The number of hydrogen-bond donors (Lipinski definition) is 1. The number of rotatable bonds is 5. The number of methoxy groups -OCH3 is 1. The molecule has 1 N–H and O–H groups in total. The molecule has 6 nitrogen and oxygen atoms in total. The van der Waals surface area contributed by atoms with Crippen molar-refractivity contribution >= 4 is 23.2 Å². The molecule has 0 saturated heterocycles. The number of likely N-dealkylation sites (N-methyl/N-ethyl adjacent to an activating group) is 1. The summed E-state index contributed by atoms with van der Waals surface area (Å²) in [6, 6.07) is 12.4. The van der Waals surface area contributed by atoms with E-state index in [0.717, 1.165) is 17.0 Å². The summed E-state index contributed by atoms with van der Waals surface area (Å²) < 4.78 is 10.5. The van der Waals surface area contributed by atoms with E-state index in [4.69, 9.17) is 9.47 Å². The number of ether oxygens (including phenoxy) is 2. The molecule has 3 rings (SSSR count). The number of nitrogens with zero attached hydrogens (tertiary/aromatic N) is 1. The van der Waals surface area contributed by atoms with Crippen LogP contribution in [0, 0.1) is 0 Å². The average molecular weight is 326 g/mol. The molecule has 1 aliphatic heterocycles. The van der Waals surface area contributed by atoms with Crippen LogP contribution in [0.2, 0.25) is 0 Å². The highest BCUT2D eigenvalue weighted by atomic mass is 16.5. The van der Waals surface area contributed by atoms with Crippen LogP contribution >= 0.6 is 0 Å². The predicted molar refractivity (Wildman–Crippen MR) is 90.7 cm³/mol. The Morgan fingerprint density at radius 1 is 1.17 bits per heavy atom. The van der Waals surface area contributed by atoms with Crippen LogP contribution in [-0.4, -0.2) is 32.6 Å². The summed E-state index contributed by atoms with van der Waals surface area (Å²) in [5.41, 5.74) is 2.45. The number of carbonyl (C=O) groups excluding carboxylic acids is 2. The molecule has 0 aliphatic carbocycles. The van der Waals surface area contributed by atoms with Gasteiger partial charge in [-0.1, -0.05) is 0 Å². The molecule has 0 unspecified atom stereocenters. The van der Waals surface area contributed by atoms with Crippen molar-refractivity contribution in [1.82, 2.24) is 0 Å². The minimum atomic E-state index is -0.261. The van der Waals surface area contributed by atoms with Crippen LogP contribution in [-0.2, 0) is 16.0 Å². The number of fused-ring (bicyclic) bond motifs is 1. The normalized spacial score (nSPS) is 12.8. The van der Waals surface area contributed by atoms with Crippen LogP contribution < -0.4 is 19.7 Å². The summed E-state index contributed by atoms with van der Waals surface area (Å²) >= 11 is 0. The molecule has 1 heterocycles. The molecule has 124 valence electrons. The molecule has 2 aromatic carbocycles. The smallest absolute Gasteiger partial charge is 0.262 e. The first kappa shape index (κ1) is 15.9. The van der Waals surface area contributed by atoms with E-state index in [0.29, 0.717) is 17.9 Å². The molecule has 0 aromatic heterocycles. The summed E-state index contributed by atoms with van der Waals surface area (Å²) in [7, 11) is 3.33. The fourth-order valence-corrected chi connectivity index (χ4v) is 2.57. The Hall–Kier alpha value is -3.02. The number of benzene rings is 2. The van der Waals surface area contributed by atoms with Crippen molar-refractivity contribution in [2.45, 2.75) is 6.42 Å². The van der Waals surface area contributed by atoms with Crippen LogP contribution in [0.15, 0.2) is 42.5 Å². The molecule has 0 spiro atoms. The van der Waals surface area contributed by atoms with Crippen LogP contribution in [0.4, 0.5) is 11.4 Å². The Labute approximate surface area is 140 Å². The van der Waals surface area contributed by atoms with E-state index in [1.807, 2.05) is 12.1 Å². The van der Waals surface area contributed by atoms with Crippen molar-refractivity contribution in [2.24, 2.45) is 0 Å². The minimum absolute atomic E-state index is 0.0521. The zero-order valence-corrected chi connectivity index (χ0v) is 13.5. The molecule has 0 atom stereocenters. The lowest BCUT2D eigenvalue weighted by Gasteiger charge is -2.11. The first-order valence-electron chi connectivity index (χ1n) is 7.53. The SMILES string of the molecule is COc1ccc(OCC(=O)Nc2ccc3c(c2)CC(=O)N3C)cc1. The van der Waals surface area contributed by atoms with E-state index in [-0.39, 0.29) is 18.4 Å². The van der Waals surface area contributed by atoms with E-state index in [9.17, 15) is 9.59 Å². The molecular weight excluding hydrogens is 308 g/mol. The molecule has 0 radical (unpaired) electrons. The molecule has 0 bridgehead atoms. The van der Waals surface area contributed by atoms with Crippen molar-refractivity contribution in [1.29, 1.82) is 0 Å². The van der Waals surface area contributed by atoms with E-state index >= 15 is 0 Å². The van der Waals surface area contributed by atoms with Gasteiger partial charge in [0.25, 0.3) is 5.91 Å². The van der Waals surface area contributed by atoms with Crippen LogP contribution in [0.3, 0.4) is 0 Å². The van der Waals surface area contributed by atoms with Crippen LogP contribution in [0.5, 0.6) is 11.5 Å². The topological polar surface area (TPSA) is 67.9 Å². The molecule has 6 heteroatoms. The van der Waals surface area contributed by atoms with Gasteiger partial charge in [0.15, 0.2) is 6.61 Å². The van der Waals surface area contributed by atoms with Crippen molar-refractivity contribution in [3.63, 3.8) is 0 Å². The third-order valence-electron chi connectivity index (χ3n) is 3.87. The van der Waals surface area contributed by atoms with Gasteiger partial charge in [-0.25, -0.2) is 0 Å². The zero-order valence-electron chi connectivity index (χ0n) is 13.5. The van der Waals surface area contributed by atoms with Crippen molar-refractivity contribution in [2.75, 3.05) is 31.0 Å². The molecule has 0 fully saturated rings. The number of nitrogens with one attached hydrogen (secondary N) is 1. The summed E-state index contributed by atoms with van der Waals surface area (Å²) in [4.78, 5) is 25.3. The van der Waals surface area contributed by atoms with Crippen molar-refractivity contribution in [3.8, 4) is 11.5 Å². The first-order valence-corrected chi connectivity index (χ1v) is 7.53. The predicted octanol–water partition coefficient (Wildman–Crippen LogP) is 2.23. The number of amides is 2. The van der Waals surface area contributed by atoms with Gasteiger partial charge in [0.2, 0.25) is 5.91 Å². The Morgan fingerprint density at radius 3 is 2.58 bits per heavy atom. The molecule has 0 saturated carbocycles. The van der Waals surface area contributed by atoms with Gasteiger partial charge in [-0.05, 0) is 48.0 Å². The third-order valence-corrected chi connectivity index (χ3v) is 3.87. The van der Waals surface area contributed by atoms with Gasteiger partial charge in [-0.15, -0.1) is 0 Å². The fraction of sp³-hybridized carbons (Fsp3) is 0.222. The monoisotopic (exact) mass is 326 g/mol. The molecule has 24 heavy (non-hydrogen) atoms. The Morgan fingerprint density at radius 2 is 1.88 bits per heavy atom. The standard InChI is InChI=1S/C18H18N2O4/c1-20-16-8-3-13(9-12(16)10-18(20)22)19-17(21)11-24-15-6-4-14(23-2)5-7-15/h3-9H,10-11H2,1-2H3,(H,19,21). The maximum Gasteiger partial charge on any atom is 0.262 e. The maximum absolute atomic E-state index is 12.0. The molecular formula is C18H18N2O4. The van der Waals surface area contributed by atoms with Crippen LogP contribution in [0.25, 0.3) is 0 Å². The summed E-state index contributed by atoms with van der Waals surface area (Å²) in [6.45, 7) is -0.0950. The third kappa shape index (κ3) is 3.32. The van der Waals surface area contributed by atoms with E-state index in [1.165, 1.54) is 0 Å². The lowest BCUT2D eigenvalue weighted by Crippen LogP contribution is -2.20. The highest BCUT2D eigenvalue weighted by molar-refractivity contribution is 6.02. The van der Waals surface area contributed by atoms with Gasteiger partial charge >= 0.3 is 0 Å². The number of anilines is 2. The van der Waals surface area contributed by atoms with Crippen LogP contribution in [0.1, 0.15) is 5.56 Å². The van der Waals surface area contributed by atoms with Gasteiger partial charge in [-0.3, -0.25) is 9.59 Å². The maximum atomic E-state index is 12.0. The highest BCUT2D eigenvalue weighted by Crippen LogP contribution is 2.29. The number of hydrogen-bond acceptors (Lipinski definition) is 4. The zero-order chi connectivity index (χ0) is 17.1. The lowest BCUT2D eigenvalue weighted by molar-refractivity contribution is -0.118. The highest BCUT2D eigenvalue weighted by Gasteiger charge is 2.24. The summed E-state index contributed by atoms with van der Waals surface area (Å²) in [5, 5.41) is 2.78. The number of carbonyl (C=O) groups is 2. The average Bonchev–Trinajstić information content (AvgIpc) is 2.87. The largest absolute Gasteiger partial charge is 0.497 e. The molecule has 1 aliphatic rings. The first-order chi connectivity index (χ1) is 11.6. The quantitative estimate of drug-likeness (QED) is 0.915. The second kappa shape index (κ2) is 6.62. The second-order valence-corrected chi connectivity index (χ2v) is 5.49. The van der Waals surface area contributed by atoms with Gasteiger partial charge in [0.1, 0.15) is 11.5 Å². The summed E-state index contributed by atoms with van der Waals surface area (Å²) in [6.07, 6.45) is 0.359. The van der Waals surface area contributed by atoms with E-state index < -0.39 is 0 Å². The summed E-state index contributed by atoms with van der Waals surface area (Å²) in [5.74, 6) is 1.11. The minimum Gasteiger partial charge on any atom is -0.497 e. The van der Waals surface area contributed by atoms with E-state index in [1.54, 1.807) is 49.4 Å². The van der Waals surface area contributed by atoms with Crippen molar-refractivity contribution in [3.05, 3.63) is 48.0 Å². The van der Waals surface area contributed by atoms with Gasteiger partial charge in [-0.2, -0.15) is 0 Å². The lowest BCUT2D eigenvalue weighted by atomic mass is 10.1. The van der Waals surface area contributed by atoms with Gasteiger partial charge < -0.3 is 19.7 Å². The van der Waals surface area contributed by atoms with Gasteiger partial charge in [0, 0.05) is 18.4 Å². The van der Waals surface area contributed by atoms with Crippen molar-refractivity contribution < 1.29 is 19.1 Å². The molecule has 2 aromatic rings. The molecule has 2 amide bonds. The Kier molecular flexibility index (Phi) is 4.37. The second-order valence-electron chi connectivity index (χ2n) is 5.49. The van der Waals surface area contributed by atoms with E-state index in [2.05, 4.69) is 5.32 Å². The fourth-order valence-electron chi connectivity index (χ4n) is 2.57. The van der Waals surface area contributed by atoms with Gasteiger partial charge in [0.05, 0.1) is 13.5 Å².